The number of anilines is 2. The Morgan fingerprint density at radius 2 is 1.67 bits per heavy atom. The third-order valence-corrected chi connectivity index (χ3v) is 5.31. The monoisotopic (exact) mass is 398 g/mol. The Balaban J connectivity index is 1.87. The topological polar surface area (TPSA) is 66.5 Å². The van der Waals surface area contributed by atoms with Crippen molar-refractivity contribution in [1.82, 2.24) is 0 Å². The molecule has 0 bridgehead atoms. The molecule has 0 unspecified atom stereocenters. The second-order valence-corrected chi connectivity index (χ2v) is 8.20. The van der Waals surface area contributed by atoms with Gasteiger partial charge < -0.3 is 5.32 Å². The van der Waals surface area contributed by atoms with Gasteiger partial charge in [-0.05, 0) is 49.2 Å². The van der Waals surface area contributed by atoms with Gasteiger partial charge >= 0.3 is 6.18 Å². The Bertz CT molecular complexity index is 953. The quantitative estimate of drug-likeness (QED) is 0.831. The summed E-state index contributed by atoms with van der Waals surface area (Å²) < 4.78 is 63.5. The lowest BCUT2D eigenvalue weighted by molar-refractivity contribution is -0.137. The van der Waals surface area contributed by atoms with E-state index in [2.05, 4.69) is 5.32 Å². The maximum absolute atomic E-state index is 12.6. The van der Waals surface area contributed by atoms with Crippen LogP contribution in [0.1, 0.15) is 28.8 Å². The second-order valence-electron chi connectivity index (χ2n) is 6.34. The van der Waals surface area contributed by atoms with E-state index in [1.54, 1.807) is 24.3 Å². The predicted molar refractivity (Wildman–Crippen MR) is 96.2 cm³/mol. The van der Waals surface area contributed by atoms with E-state index < -0.39 is 27.7 Å². The molecule has 1 saturated carbocycles. The molecule has 27 heavy (non-hydrogen) atoms. The van der Waals surface area contributed by atoms with Crippen molar-refractivity contribution in [3.8, 4) is 0 Å². The van der Waals surface area contributed by atoms with E-state index in [-0.39, 0.29) is 17.3 Å². The first-order valence-electron chi connectivity index (χ1n) is 8.14. The molecule has 2 aromatic carbocycles. The van der Waals surface area contributed by atoms with Crippen LogP contribution in [-0.4, -0.2) is 26.6 Å². The van der Waals surface area contributed by atoms with E-state index >= 15 is 0 Å². The fourth-order valence-electron chi connectivity index (χ4n) is 2.73. The molecular formula is C18H17F3N2O3S. The summed E-state index contributed by atoms with van der Waals surface area (Å²) >= 11 is 0. The number of carbonyl (C=O) groups is 1. The molecule has 1 aliphatic carbocycles. The highest BCUT2D eigenvalue weighted by atomic mass is 32.2. The van der Waals surface area contributed by atoms with Crippen LogP contribution >= 0.6 is 0 Å². The highest BCUT2D eigenvalue weighted by molar-refractivity contribution is 7.92. The zero-order valence-electron chi connectivity index (χ0n) is 14.3. The number of amides is 1. The molecule has 5 nitrogen and oxygen atoms in total. The number of rotatable bonds is 5. The molecule has 0 radical (unpaired) electrons. The maximum Gasteiger partial charge on any atom is 0.416 e. The fourth-order valence-corrected chi connectivity index (χ4v) is 4.00. The molecule has 1 fully saturated rings. The lowest BCUT2D eigenvalue weighted by Crippen LogP contribution is -2.33. The minimum atomic E-state index is -4.48. The molecule has 1 N–H and O–H groups in total. The number of halogens is 3. The molecule has 1 amide bonds. The summed E-state index contributed by atoms with van der Waals surface area (Å²) in [7, 11) is -3.54. The van der Waals surface area contributed by atoms with Crippen LogP contribution < -0.4 is 9.62 Å². The number of sulfonamides is 1. The average molecular weight is 398 g/mol. The van der Waals surface area contributed by atoms with Crippen LogP contribution in [0.3, 0.4) is 0 Å². The van der Waals surface area contributed by atoms with Crippen LogP contribution in [0.25, 0.3) is 0 Å². The third-order valence-electron chi connectivity index (χ3n) is 4.10. The van der Waals surface area contributed by atoms with Crippen molar-refractivity contribution in [2.45, 2.75) is 25.1 Å². The summed E-state index contributed by atoms with van der Waals surface area (Å²) in [6, 6.07) is 10.1. The second kappa shape index (κ2) is 6.88. The van der Waals surface area contributed by atoms with Gasteiger partial charge in [0.05, 0.1) is 23.2 Å². The SMILES string of the molecule is CS(=O)(=O)N(c1ccccc1NC(=O)c1ccc(C(F)(F)F)cc1)C1CC1. The van der Waals surface area contributed by atoms with Crippen molar-refractivity contribution in [3.63, 3.8) is 0 Å². The van der Waals surface area contributed by atoms with Gasteiger partial charge in [0.1, 0.15) is 0 Å². The van der Waals surface area contributed by atoms with Gasteiger partial charge in [-0.15, -0.1) is 0 Å². The standard InChI is InChI=1S/C18H17F3N2O3S/c1-27(25,26)23(14-10-11-14)16-5-3-2-4-15(16)22-17(24)12-6-8-13(9-7-12)18(19,20)21/h2-9,14H,10-11H2,1H3,(H,22,24). The Morgan fingerprint density at radius 1 is 1.07 bits per heavy atom. The van der Waals surface area contributed by atoms with E-state index in [4.69, 9.17) is 0 Å². The van der Waals surface area contributed by atoms with Crippen molar-refractivity contribution >= 4 is 27.3 Å². The Morgan fingerprint density at radius 3 is 2.19 bits per heavy atom. The first-order valence-corrected chi connectivity index (χ1v) is 9.99. The van der Waals surface area contributed by atoms with E-state index in [9.17, 15) is 26.4 Å². The van der Waals surface area contributed by atoms with Crippen LogP contribution in [0.5, 0.6) is 0 Å². The van der Waals surface area contributed by atoms with Gasteiger partial charge in [-0.2, -0.15) is 13.2 Å². The van der Waals surface area contributed by atoms with Gasteiger partial charge in [-0.3, -0.25) is 9.10 Å². The van der Waals surface area contributed by atoms with Crippen LogP contribution in [0, 0.1) is 0 Å². The van der Waals surface area contributed by atoms with Gasteiger partial charge in [-0.1, -0.05) is 12.1 Å². The molecule has 0 saturated heterocycles. The summed E-state index contributed by atoms with van der Waals surface area (Å²) in [5.41, 5.74) is -0.200. The summed E-state index contributed by atoms with van der Waals surface area (Å²) in [6.45, 7) is 0. The minimum absolute atomic E-state index is 0.0372. The smallest absolute Gasteiger partial charge is 0.320 e. The minimum Gasteiger partial charge on any atom is -0.320 e. The van der Waals surface area contributed by atoms with Gasteiger partial charge in [-0.25, -0.2) is 8.42 Å². The van der Waals surface area contributed by atoms with Crippen LogP contribution in [0.4, 0.5) is 24.5 Å². The lowest BCUT2D eigenvalue weighted by atomic mass is 10.1. The first-order chi connectivity index (χ1) is 12.6. The van der Waals surface area contributed by atoms with Crippen LogP contribution in [0.15, 0.2) is 48.5 Å². The van der Waals surface area contributed by atoms with Gasteiger partial charge in [0.25, 0.3) is 5.91 Å². The fraction of sp³-hybridized carbons (Fsp3) is 0.278. The molecule has 0 aromatic heterocycles. The van der Waals surface area contributed by atoms with Gasteiger partial charge in [0.15, 0.2) is 0 Å². The van der Waals surface area contributed by atoms with Gasteiger partial charge in [0.2, 0.25) is 10.0 Å². The zero-order chi connectivity index (χ0) is 19.8. The Labute approximate surface area is 154 Å². The Hall–Kier alpha value is -2.55. The van der Waals surface area contributed by atoms with E-state index in [1.807, 2.05) is 0 Å². The largest absolute Gasteiger partial charge is 0.416 e. The van der Waals surface area contributed by atoms with Crippen molar-refractivity contribution in [3.05, 3.63) is 59.7 Å². The molecule has 1 aliphatic rings. The van der Waals surface area contributed by atoms with Crippen LogP contribution in [0.2, 0.25) is 0 Å². The molecule has 3 rings (SSSR count). The highest BCUT2D eigenvalue weighted by Crippen LogP contribution is 2.38. The molecule has 0 heterocycles. The van der Waals surface area contributed by atoms with Gasteiger partial charge in [0, 0.05) is 11.6 Å². The highest BCUT2D eigenvalue weighted by Gasteiger charge is 2.36. The normalized spacial score (nSPS) is 14.7. The number of para-hydroxylation sites is 2. The summed E-state index contributed by atoms with van der Waals surface area (Å²) in [4.78, 5) is 12.4. The summed E-state index contributed by atoms with van der Waals surface area (Å²) in [5.74, 6) is -0.625. The number of hydrogen-bond donors (Lipinski definition) is 1. The lowest BCUT2D eigenvalue weighted by Gasteiger charge is -2.24. The van der Waals surface area contributed by atoms with Crippen molar-refractivity contribution in [1.29, 1.82) is 0 Å². The summed E-state index contributed by atoms with van der Waals surface area (Å²) in [5, 5.41) is 2.59. The predicted octanol–water partition coefficient (Wildman–Crippen LogP) is 3.89. The third kappa shape index (κ3) is 4.41. The molecule has 0 atom stereocenters. The number of carbonyl (C=O) groups excluding carboxylic acids is 1. The van der Waals surface area contributed by atoms with E-state index in [0.29, 0.717) is 5.69 Å². The Kier molecular flexibility index (Phi) is 4.90. The molecule has 2 aromatic rings. The number of alkyl halides is 3. The average Bonchev–Trinajstić information content (AvgIpc) is 3.39. The first kappa shape index (κ1) is 19.2. The number of nitrogens with zero attached hydrogens (tertiary/aromatic N) is 1. The van der Waals surface area contributed by atoms with Crippen molar-refractivity contribution in [2.75, 3.05) is 15.9 Å². The summed E-state index contributed by atoms with van der Waals surface area (Å²) in [6.07, 6.45) is -1.93. The molecule has 9 heteroatoms. The number of nitrogens with one attached hydrogen (secondary N) is 1. The van der Waals surface area contributed by atoms with Crippen molar-refractivity contribution in [2.24, 2.45) is 0 Å². The number of benzene rings is 2. The zero-order valence-corrected chi connectivity index (χ0v) is 15.1. The van der Waals surface area contributed by atoms with Crippen LogP contribution in [-0.2, 0) is 16.2 Å². The molecular weight excluding hydrogens is 381 g/mol. The van der Waals surface area contributed by atoms with E-state index in [0.717, 1.165) is 43.4 Å². The molecule has 0 aliphatic heterocycles. The van der Waals surface area contributed by atoms with Crippen molar-refractivity contribution < 1.29 is 26.4 Å². The maximum atomic E-state index is 12.6. The number of hydrogen-bond acceptors (Lipinski definition) is 3. The molecule has 0 spiro atoms. The molecule has 144 valence electrons. The van der Waals surface area contributed by atoms with E-state index in [1.165, 1.54) is 4.31 Å².